The fourth-order valence-corrected chi connectivity index (χ4v) is 5.52. The molecule has 0 aliphatic heterocycles. The van der Waals surface area contributed by atoms with Crippen molar-refractivity contribution in [2.75, 3.05) is 17.4 Å². The van der Waals surface area contributed by atoms with Crippen LogP contribution in [-0.2, 0) is 26.2 Å². The van der Waals surface area contributed by atoms with Crippen LogP contribution in [0.1, 0.15) is 19.4 Å². The molecule has 37 heavy (non-hydrogen) atoms. The molecule has 0 bridgehead atoms. The highest BCUT2D eigenvalue weighted by Crippen LogP contribution is 2.31. The number of sulfonamides is 1. The maximum atomic E-state index is 13.8. The van der Waals surface area contributed by atoms with Crippen LogP contribution < -0.4 is 9.62 Å². The molecule has 2 amide bonds. The Morgan fingerprint density at radius 2 is 1.54 bits per heavy atom. The first-order valence-electron chi connectivity index (χ1n) is 11.4. The van der Waals surface area contributed by atoms with Crippen molar-refractivity contribution < 1.29 is 18.0 Å². The van der Waals surface area contributed by atoms with Crippen molar-refractivity contribution in [3.63, 3.8) is 0 Å². The normalized spacial score (nSPS) is 12.0. The van der Waals surface area contributed by atoms with Crippen molar-refractivity contribution in [2.24, 2.45) is 0 Å². The molecule has 0 saturated carbocycles. The summed E-state index contributed by atoms with van der Waals surface area (Å²) in [5.41, 5.74) is 0.760. The van der Waals surface area contributed by atoms with Gasteiger partial charge in [-0.3, -0.25) is 13.9 Å². The summed E-state index contributed by atoms with van der Waals surface area (Å²) in [6.07, 6.45) is 0. The van der Waals surface area contributed by atoms with Gasteiger partial charge in [-0.25, -0.2) is 8.42 Å². The van der Waals surface area contributed by atoms with Crippen LogP contribution in [0.5, 0.6) is 0 Å². The minimum absolute atomic E-state index is 0.00257. The van der Waals surface area contributed by atoms with Crippen LogP contribution in [0.3, 0.4) is 0 Å². The summed E-state index contributed by atoms with van der Waals surface area (Å²) in [5.74, 6) is -0.987. The highest BCUT2D eigenvalue weighted by molar-refractivity contribution is 7.92. The number of hydrogen-bond donors (Lipinski definition) is 1. The Kier molecular flexibility index (Phi) is 9.84. The first-order chi connectivity index (χ1) is 17.6. The Bertz CT molecular complexity index is 1370. The summed E-state index contributed by atoms with van der Waals surface area (Å²) in [5, 5.41) is 3.49. The molecule has 0 aliphatic rings. The number of halogens is 3. The van der Waals surface area contributed by atoms with Crippen LogP contribution in [0.4, 0.5) is 5.69 Å². The van der Waals surface area contributed by atoms with Gasteiger partial charge in [-0.1, -0.05) is 71.2 Å². The third-order valence-corrected chi connectivity index (χ3v) is 8.51. The summed E-state index contributed by atoms with van der Waals surface area (Å²) in [6, 6.07) is 18.1. The van der Waals surface area contributed by atoms with Gasteiger partial charge in [0.2, 0.25) is 11.8 Å². The van der Waals surface area contributed by atoms with Gasteiger partial charge in [0.05, 0.1) is 20.6 Å². The standard InChI is InChI=1S/C26H26Cl3N3O4S/c1-3-30-26(34)18(2)31(16-19-9-7-8-12-22(19)27)25(33)17-32(20-13-14-23(28)24(29)15-20)37(35,36)21-10-5-4-6-11-21/h4-15,18H,3,16-17H2,1-2H3,(H,30,34)/t18-/m0/s1. The summed E-state index contributed by atoms with van der Waals surface area (Å²) < 4.78 is 28.3. The van der Waals surface area contributed by atoms with Crippen molar-refractivity contribution in [1.29, 1.82) is 0 Å². The van der Waals surface area contributed by atoms with Gasteiger partial charge in [0.25, 0.3) is 10.0 Å². The molecular formula is C26H26Cl3N3O4S. The maximum absolute atomic E-state index is 13.8. The number of anilines is 1. The molecule has 0 aliphatic carbocycles. The van der Waals surface area contributed by atoms with Crippen LogP contribution in [0.15, 0.2) is 77.7 Å². The Hall–Kier alpha value is -2.78. The molecule has 0 saturated heterocycles. The molecule has 0 fully saturated rings. The zero-order valence-electron chi connectivity index (χ0n) is 20.2. The predicted octanol–water partition coefficient (Wildman–Crippen LogP) is 5.40. The van der Waals surface area contributed by atoms with E-state index in [2.05, 4.69) is 5.32 Å². The van der Waals surface area contributed by atoms with E-state index >= 15 is 0 Å². The van der Waals surface area contributed by atoms with Gasteiger partial charge in [-0.2, -0.15) is 0 Å². The van der Waals surface area contributed by atoms with Gasteiger partial charge in [0.1, 0.15) is 12.6 Å². The van der Waals surface area contributed by atoms with E-state index in [1.165, 1.54) is 35.2 Å². The van der Waals surface area contributed by atoms with Gasteiger partial charge < -0.3 is 10.2 Å². The smallest absolute Gasteiger partial charge is 0.264 e. The van der Waals surface area contributed by atoms with Gasteiger partial charge >= 0.3 is 0 Å². The maximum Gasteiger partial charge on any atom is 0.264 e. The Labute approximate surface area is 232 Å². The van der Waals surface area contributed by atoms with E-state index in [1.54, 1.807) is 56.3 Å². The molecule has 0 spiro atoms. The number of amides is 2. The average molecular weight is 583 g/mol. The molecule has 0 radical (unpaired) electrons. The number of hydrogen-bond acceptors (Lipinski definition) is 4. The molecule has 0 unspecified atom stereocenters. The minimum atomic E-state index is -4.19. The largest absolute Gasteiger partial charge is 0.355 e. The number of rotatable bonds is 10. The summed E-state index contributed by atoms with van der Waals surface area (Å²) >= 11 is 18.6. The second-order valence-corrected chi connectivity index (χ2v) is 11.2. The molecule has 3 aromatic carbocycles. The number of carbonyl (C=O) groups is 2. The lowest BCUT2D eigenvalue weighted by molar-refractivity contribution is -0.139. The zero-order valence-corrected chi connectivity index (χ0v) is 23.3. The van der Waals surface area contributed by atoms with Crippen LogP contribution in [0.25, 0.3) is 0 Å². The zero-order chi connectivity index (χ0) is 27.2. The molecule has 3 aromatic rings. The Morgan fingerprint density at radius 3 is 2.16 bits per heavy atom. The van der Waals surface area contributed by atoms with Crippen molar-refractivity contribution in [3.8, 4) is 0 Å². The highest BCUT2D eigenvalue weighted by atomic mass is 35.5. The van der Waals surface area contributed by atoms with Crippen molar-refractivity contribution in [3.05, 3.63) is 93.4 Å². The lowest BCUT2D eigenvalue weighted by Crippen LogP contribution is -2.51. The number of nitrogens with one attached hydrogen (secondary N) is 1. The van der Waals surface area contributed by atoms with E-state index < -0.39 is 28.5 Å². The van der Waals surface area contributed by atoms with Crippen molar-refractivity contribution in [1.82, 2.24) is 10.2 Å². The van der Waals surface area contributed by atoms with Gasteiger partial charge in [0.15, 0.2) is 0 Å². The first-order valence-corrected chi connectivity index (χ1v) is 14.0. The lowest BCUT2D eigenvalue weighted by atomic mass is 10.1. The Morgan fingerprint density at radius 1 is 0.892 bits per heavy atom. The van der Waals surface area contributed by atoms with E-state index in [0.717, 1.165) is 4.31 Å². The first kappa shape index (κ1) is 28.8. The SMILES string of the molecule is CCNC(=O)[C@H](C)N(Cc1ccccc1Cl)C(=O)CN(c1ccc(Cl)c(Cl)c1)S(=O)(=O)c1ccccc1. The van der Waals surface area contributed by atoms with Crippen LogP contribution in [0.2, 0.25) is 15.1 Å². The van der Waals surface area contributed by atoms with Crippen LogP contribution >= 0.6 is 34.8 Å². The van der Waals surface area contributed by atoms with E-state index in [4.69, 9.17) is 34.8 Å². The molecule has 1 N–H and O–H groups in total. The molecule has 196 valence electrons. The summed E-state index contributed by atoms with van der Waals surface area (Å²) in [6.45, 7) is 3.12. The predicted molar refractivity (Wildman–Crippen MR) is 148 cm³/mol. The highest BCUT2D eigenvalue weighted by Gasteiger charge is 2.32. The molecule has 7 nitrogen and oxygen atoms in total. The average Bonchev–Trinajstić information content (AvgIpc) is 2.88. The van der Waals surface area contributed by atoms with Gasteiger partial charge in [0, 0.05) is 18.1 Å². The topological polar surface area (TPSA) is 86.8 Å². The molecule has 0 heterocycles. The molecule has 11 heteroatoms. The third kappa shape index (κ3) is 6.96. The van der Waals surface area contributed by atoms with E-state index in [1.807, 2.05) is 0 Å². The second kappa shape index (κ2) is 12.6. The second-order valence-electron chi connectivity index (χ2n) is 8.11. The van der Waals surface area contributed by atoms with Crippen molar-refractivity contribution >= 4 is 62.3 Å². The van der Waals surface area contributed by atoms with Crippen LogP contribution in [-0.4, -0.2) is 44.3 Å². The Balaban J connectivity index is 2.05. The number of benzene rings is 3. The van der Waals surface area contributed by atoms with Crippen molar-refractivity contribution in [2.45, 2.75) is 31.3 Å². The molecule has 0 aromatic heterocycles. The van der Waals surface area contributed by atoms with Gasteiger partial charge in [-0.05, 0) is 55.8 Å². The lowest BCUT2D eigenvalue weighted by Gasteiger charge is -2.32. The summed E-state index contributed by atoms with van der Waals surface area (Å²) in [4.78, 5) is 27.8. The number of likely N-dealkylation sites (N-methyl/N-ethyl adjacent to an activating group) is 1. The summed E-state index contributed by atoms with van der Waals surface area (Å²) in [7, 11) is -4.19. The minimum Gasteiger partial charge on any atom is -0.355 e. The number of nitrogens with zero attached hydrogens (tertiary/aromatic N) is 2. The van der Waals surface area contributed by atoms with Crippen LogP contribution in [0, 0.1) is 0 Å². The fourth-order valence-electron chi connectivity index (χ4n) is 3.60. The monoisotopic (exact) mass is 581 g/mol. The molecule has 1 atom stereocenters. The third-order valence-electron chi connectivity index (χ3n) is 5.62. The van der Waals surface area contributed by atoms with Gasteiger partial charge in [-0.15, -0.1) is 0 Å². The molecule has 3 rings (SSSR count). The molecular weight excluding hydrogens is 557 g/mol. The van der Waals surface area contributed by atoms with E-state index in [-0.39, 0.29) is 33.1 Å². The van der Waals surface area contributed by atoms with E-state index in [0.29, 0.717) is 17.1 Å². The van der Waals surface area contributed by atoms with E-state index in [9.17, 15) is 18.0 Å². The number of carbonyl (C=O) groups excluding carboxylic acids is 2. The fraction of sp³-hybridized carbons (Fsp3) is 0.231. The quantitative estimate of drug-likeness (QED) is 0.347.